The van der Waals surface area contributed by atoms with E-state index in [-0.39, 0.29) is 11.8 Å². The molecule has 21 heavy (non-hydrogen) atoms. The Labute approximate surface area is 124 Å². The van der Waals surface area contributed by atoms with Crippen LogP contribution in [0.5, 0.6) is 5.75 Å². The molecule has 0 amide bonds. The number of ether oxygens (including phenoxy) is 1. The van der Waals surface area contributed by atoms with Crippen molar-refractivity contribution in [2.45, 2.75) is 45.7 Å². The van der Waals surface area contributed by atoms with Crippen LogP contribution in [0.2, 0.25) is 0 Å². The zero-order valence-corrected chi connectivity index (χ0v) is 12.8. The van der Waals surface area contributed by atoms with E-state index in [0.29, 0.717) is 24.5 Å². The normalized spacial score (nSPS) is 14.8. The van der Waals surface area contributed by atoms with E-state index in [1.54, 1.807) is 0 Å². The van der Waals surface area contributed by atoms with Crippen molar-refractivity contribution in [2.75, 3.05) is 13.2 Å². The number of hydrogen-bond acceptors (Lipinski definition) is 2. The monoisotopic (exact) mass is 303 g/mol. The van der Waals surface area contributed by atoms with Crippen molar-refractivity contribution in [1.29, 1.82) is 0 Å². The van der Waals surface area contributed by atoms with Crippen molar-refractivity contribution < 1.29 is 17.9 Å². The van der Waals surface area contributed by atoms with Crippen LogP contribution in [0.25, 0.3) is 0 Å². The van der Waals surface area contributed by atoms with Crippen LogP contribution in [-0.4, -0.2) is 13.2 Å². The molecule has 0 bridgehead atoms. The molecule has 1 rings (SSSR count). The lowest BCUT2D eigenvalue weighted by Gasteiger charge is -2.23. The van der Waals surface area contributed by atoms with E-state index in [1.807, 2.05) is 20.8 Å². The van der Waals surface area contributed by atoms with E-state index >= 15 is 0 Å². The molecule has 120 valence electrons. The molecule has 1 aromatic carbocycles. The zero-order valence-electron chi connectivity index (χ0n) is 12.8. The Kier molecular flexibility index (Phi) is 6.52. The molecule has 0 aromatic heterocycles. The lowest BCUT2D eigenvalue weighted by molar-refractivity contribution is -0.137. The molecule has 2 atom stereocenters. The summed E-state index contributed by atoms with van der Waals surface area (Å²) in [5, 5.41) is 0. The van der Waals surface area contributed by atoms with E-state index in [4.69, 9.17) is 10.5 Å². The highest BCUT2D eigenvalue weighted by Gasteiger charge is 2.32. The molecule has 0 aliphatic carbocycles. The predicted molar refractivity (Wildman–Crippen MR) is 78.5 cm³/mol. The van der Waals surface area contributed by atoms with Crippen LogP contribution >= 0.6 is 0 Å². The molecule has 0 radical (unpaired) electrons. The average Bonchev–Trinajstić information content (AvgIpc) is 2.43. The summed E-state index contributed by atoms with van der Waals surface area (Å²) in [6.45, 7) is 6.91. The quantitative estimate of drug-likeness (QED) is 0.800. The zero-order chi connectivity index (χ0) is 16.0. The number of benzene rings is 1. The lowest BCUT2D eigenvalue weighted by Crippen LogP contribution is -2.15. The second-order valence-corrected chi connectivity index (χ2v) is 5.44. The number of nitrogens with two attached hydrogens (primary N) is 1. The summed E-state index contributed by atoms with van der Waals surface area (Å²) in [7, 11) is 0. The van der Waals surface area contributed by atoms with Crippen LogP contribution < -0.4 is 10.5 Å². The van der Waals surface area contributed by atoms with Crippen molar-refractivity contribution in [1.82, 2.24) is 0 Å². The Balaban J connectivity index is 3.15. The second-order valence-electron chi connectivity index (χ2n) is 5.44. The Bertz CT molecular complexity index is 446. The highest BCUT2D eigenvalue weighted by atomic mass is 19.4. The van der Waals surface area contributed by atoms with E-state index in [2.05, 4.69) is 0 Å². The highest BCUT2D eigenvalue weighted by Crippen LogP contribution is 2.38. The van der Waals surface area contributed by atoms with Gasteiger partial charge in [0.2, 0.25) is 0 Å². The van der Waals surface area contributed by atoms with Crippen LogP contribution in [0.1, 0.15) is 50.7 Å². The minimum absolute atomic E-state index is 0.0392. The van der Waals surface area contributed by atoms with Crippen molar-refractivity contribution in [2.24, 2.45) is 11.7 Å². The fourth-order valence-corrected chi connectivity index (χ4v) is 2.24. The van der Waals surface area contributed by atoms with Gasteiger partial charge in [0, 0.05) is 0 Å². The molecule has 0 spiro atoms. The lowest BCUT2D eigenvalue weighted by atomic mass is 9.85. The van der Waals surface area contributed by atoms with Gasteiger partial charge in [0.05, 0.1) is 12.2 Å². The van der Waals surface area contributed by atoms with E-state index in [9.17, 15) is 13.2 Å². The van der Waals surface area contributed by atoms with E-state index in [0.717, 1.165) is 18.9 Å². The fraction of sp³-hybridized carbons (Fsp3) is 0.625. The molecule has 0 aliphatic rings. The van der Waals surface area contributed by atoms with Gasteiger partial charge in [-0.1, -0.05) is 20.8 Å². The molecule has 1 aromatic rings. The Morgan fingerprint density at radius 1 is 1.24 bits per heavy atom. The fourth-order valence-electron chi connectivity index (χ4n) is 2.24. The topological polar surface area (TPSA) is 35.2 Å². The van der Waals surface area contributed by atoms with Gasteiger partial charge in [-0.15, -0.1) is 0 Å². The van der Waals surface area contributed by atoms with Crippen LogP contribution in [0.3, 0.4) is 0 Å². The minimum atomic E-state index is -4.34. The largest absolute Gasteiger partial charge is 0.493 e. The van der Waals surface area contributed by atoms with Gasteiger partial charge in [-0.2, -0.15) is 13.2 Å². The van der Waals surface area contributed by atoms with Gasteiger partial charge in [-0.25, -0.2) is 0 Å². The first-order valence-corrected chi connectivity index (χ1v) is 7.35. The molecule has 0 saturated heterocycles. The summed E-state index contributed by atoms with van der Waals surface area (Å²) >= 11 is 0. The summed E-state index contributed by atoms with van der Waals surface area (Å²) in [4.78, 5) is 0. The first kappa shape index (κ1) is 17.8. The van der Waals surface area contributed by atoms with Crippen LogP contribution in [0, 0.1) is 5.92 Å². The third-order valence-corrected chi connectivity index (χ3v) is 3.76. The van der Waals surface area contributed by atoms with Gasteiger partial charge in [0.1, 0.15) is 5.75 Å². The summed E-state index contributed by atoms with van der Waals surface area (Å²) in [6.07, 6.45) is -2.76. The molecule has 5 heteroatoms. The maximum Gasteiger partial charge on any atom is 0.416 e. The predicted octanol–water partition coefficient (Wildman–Crippen LogP) is 4.58. The maximum atomic E-state index is 12.9. The summed E-state index contributed by atoms with van der Waals surface area (Å²) in [5.41, 5.74) is 5.53. The Morgan fingerprint density at radius 3 is 2.43 bits per heavy atom. The van der Waals surface area contributed by atoms with Crippen molar-refractivity contribution >= 4 is 0 Å². The number of hydrogen-bond donors (Lipinski definition) is 1. The van der Waals surface area contributed by atoms with Crippen LogP contribution in [0.15, 0.2) is 18.2 Å². The number of rotatable bonds is 7. The molecule has 0 saturated carbocycles. The molecular formula is C16H24F3NO. The van der Waals surface area contributed by atoms with Crippen LogP contribution in [-0.2, 0) is 6.18 Å². The standard InChI is InChI=1S/C16H24F3NO/c1-4-9-21-15-6-5-13(16(17,18)19)10-14(15)12(3)11(2)7-8-20/h5-6,10-12H,4,7-9,20H2,1-3H3. The van der Waals surface area contributed by atoms with Gasteiger partial charge >= 0.3 is 6.18 Å². The molecule has 2 unspecified atom stereocenters. The molecule has 2 nitrogen and oxygen atoms in total. The SMILES string of the molecule is CCCOc1ccc(C(F)(F)F)cc1C(C)C(C)CCN. The van der Waals surface area contributed by atoms with Gasteiger partial charge in [0.15, 0.2) is 0 Å². The second kappa shape index (κ2) is 7.69. The van der Waals surface area contributed by atoms with Gasteiger partial charge in [-0.3, -0.25) is 0 Å². The summed E-state index contributed by atoms with van der Waals surface area (Å²) in [6, 6.07) is 3.72. The number of alkyl halides is 3. The third-order valence-electron chi connectivity index (χ3n) is 3.76. The van der Waals surface area contributed by atoms with Crippen molar-refractivity contribution in [3.8, 4) is 5.75 Å². The first-order chi connectivity index (χ1) is 9.81. The molecule has 0 fully saturated rings. The Morgan fingerprint density at radius 2 is 1.90 bits per heavy atom. The van der Waals surface area contributed by atoms with Crippen LogP contribution in [0.4, 0.5) is 13.2 Å². The Hall–Kier alpha value is -1.23. The smallest absolute Gasteiger partial charge is 0.416 e. The number of halogens is 3. The molecule has 0 heterocycles. The first-order valence-electron chi connectivity index (χ1n) is 7.35. The average molecular weight is 303 g/mol. The van der Waals surface area contributed by atoms with E-state index < -0.39 is 11.7 Å². The third kappa shape index (κ3) is 4.92. The van der Waals surface area contributed by atoms with E-state index in [1.165, 1.54) is 12.1 Å². The molecular weight excluding hydrogens is 279 g/mol. The van der Waals surface area contributed by atoms with Crippen molar-refractivity contribution in [3.63, 3.8) is 0 Å². The van der Waals surface area contributed by atoms with Gasteiger partial charge < -0.3 is 10.5 Å². The van der Waals surface area contributed by atoms with Crippen molar-refractivity contribution in [3.05, 3.63) is 29.3 Å². The molecule has 0 aliphatic heterocycles. The summed E-state index contributed by atoms with van der Waals surface area (Å²) < 4.78 is 44.3. The highest BCUT2D eigenvalue weighted by molar-refractivity contribution is 5.41. The van der Waals surface area contributed by atoms with Gasteiger partial charge in [0.25, 0.3) is 0 Å². The maximum absolute atomic E-state index is 12.9. The minimum Gasteiger partial charge on any atom is -0.493 e. The summed E-state index contributed by atoms with van der Waals surface area (Å²) in [5.74, 6) is 0.700. The van der Waals surface area contributed by atoms with Gasteiger partial charge in [-0.05, 0) is 55.0 Å². The molecule has 2 N–H and O–H groups in total.